The minimum atomic E-state index is -0.451. The largest absolute Gasteiger partial charge is 0.444 e. The molecule has 4 heterocycles. The van der Waals surface area contributed by atoms with Gasteiger partial charge < -0.3 is 14.2 Å². The summed E-state index contributed by atoms with van der Waals surface area (Å²) in [6.45, 7) is 9.69. The third kappa shape index (κ3) is 4.59. The number of piperidine rings is 1. The number of nitrogens with zero attached hydrogens (tertiary/aromatic N) is 5. The van der Waals surface area contributed by atoms with Crippen LogP contribution in [0.15, 0.2) is 18.6 Å². The van der Waals surface area contributed by atoms with Gasteiger partial charge in [0.05, 0.1) is 5.39 Å². The molecule has 3 atom stereocenters. The Labute approximate surface area is 201 Å². The van der Waals surface area contributed by atoms with Crippen LogP contribution in [0.4, 0.5) is 4.79 Å². The predicted molar refractivity (Wildman–Crippen MR) is 129 cm³/mol. The van der Waals surface area contributed by atoms with E-state index >= 15 is 0 Å². The van der Waals surface area contributed by atoms with Crippen molar-refractivity contribution in [3.63, 3.8) is 0 Å². The first-order valence-corrected chi connectivity index (χ1v) is 12.8. The molecule has 1 saturated carbocycles. The highest BCUT2D eigenvalue weighted by Crippen LogP contribution is 2.42. The molecule has 3 unspecified atom stereocenters. The first-order chi connectivity index (χ1) is 15.7. The Balaban J connectivity index is 1.25. The minimum absolute atomic E-state index is 0.119. The Morgan fingerprint density at radius 2 is 2.00 bits per heavy atom. The van der Waals surface area contributed by atoms with Gasteiger partial charge in [0, 0.05) is 37.4 Å². The van der Waals surface area contributed by atoms with E-state index in [9.17, 15) is 4.79 Å². The van der Waals surface area contributed by atoms with Gasteiger partial charge in [0.2, 0.25) is 0 Å². The van der Waals surface area contributed by atoms with Crippen LogP contribution in [0, 0.1) is 5.92 Å². The highest BCUT2D eigenvalue weighted by atomic mass is 35.5. The Bertz CT molecular complexity index is 1020. The molecule has 1 aliphatic carbocycles. The summed E-state index contributed by atoms with van der Waals surface area (Å²) in [6, 6.07) is 2.50. The van der Waals surface area contributed by atoms with E-state index in [-0.39, 0.29) is 11.6 Å². The van der Waals surface area contributed by atoms with E-state index in [1.165, 1.54) is 32.1 Å². The number of hydrogen-bond donors (Lipinski definition) is 0. The first-order valence-electron chi connectivity index (χ1n) is 12.4. The van der Waals surface area contributed by atoms with Crippen LogP contribution in [-0.4, -0.2) is 67.7 Å². The van der Waals surface area contributed by atoms with Crippen LogP contribution in [0.5, 0.6) is 0 Å². The van der Waals surface area contributed by atoms with E-state index < -0.39 is 5.60 Å². The third-order valence-corrected chi connectivity index (χ3v) is 8.10. The second kappa shape index (κ2) is 8.73. The van der Waals surface area contributed by atoms with Crippen molar-refractivity contribution in [3.8, 4) is 0 Å². The second-order valence-electron chi connectivity index (χ2n) is 11.2. The molecule has 33 heavy (non-hydrogen) atoms. The highest BCUT2D eigenvalue weighted by molar-refractivity contribution is 6.33. The molecule has 1 amide bonds. The number of hydrogen-bond acceptors (Lipinski definition) is 5. The molecule has 5 rings (SSSR count). The van der Waals surface area contributed by atoms with Crippen molar-refractivity contribution in [3.05, 3.63) is 23.7 Å². The van der Waals surface area contributed by atoms with Gasteiger partial charge in [0.1, 0.15) is 22.7 Å². The van der Waals surface area contributed by atoms with E-state index in [1.54, 1.807) is 6.33 Å². The summed E-state index contributed by atoms with van der Waals surface area (Å²) in [4.78, 5) is 26.1. The van der Waals surface area contributed by atoms with E-state index in [0.717, 1.165) is 50.1 Å². The summed E-state index contributed by atoms with van der Waals surface area (Å²) in [7, 11) is 0. The van der Waals surface area contributed by atoms with Gasteiger partial charge in [0.15, 0.2) is 0 Å². The standard InChI is InChI=1S/C25H36ClN5O2/c1-24(2,3)33-23(32)29-11-4-9-25(16-29)10-5-12-30(25)15-18-6-7-19(14-18)31-13-8-20-21(26)27-17-28-22(20)31/h8,13,17-19H,4-7,9-12,14-16H2,1-3H3. The Morgan fingerprint density at radius 1 is 1.21 bits per heavy atom. The molecular weight excluding hydrogens is 438 g/mol. The van der Waals surface area contributed by atoms with Gasteiger partial charge in [-0.3, -0.25) is 4.90 Å². The molecule has 3 fully saturated rings. The zero-order valence-electron chi connectivity index (χ0n) is 20.1. The number of ether oxygens (including phenoxy) is 1. The summed E-state index contributed by atoms with van der Waals surface area (Å²) >= 11 is 6.26. The number of fused-ring (bicyclic) bond motifs is 1. The van der Waals surface area contributed by atoms with Crippen LogP contribution in [0.3, 0.4) is 0 Å². The lowest BCUT2D eigenvalue weighted by Crippen LogP contribution is -2.58. The van der Waals surface area contributed by atoms with E-state index in [0.29, 0.717) is 17.1 Å². The molecule has 2 saturated heterocycles. The Kier molecular flexibility index (Phi) is 6.06. The number of amides is 1. The van der Waals surface area contributed by atoms with E-state index in [1.807, 2.05) is 31.7 Å². The lowest BCUT2D eigenvalue weighted by Gasteiger charge is -2.46. The summed E-state index contributed by atoms with van der Waals surface area (Å²) in [6.07, 6.45) is 11.7. The van der Waals surface area contributed by atoms with Crippen molar-refractivity contribution < 1.29 is 9.53 Å². The number of carbonyl (C=O) groups excluding carboxylic acids is 1. The fraction of sp³-hybridized carbons (Fsp3) is 0.720. The lowest BCUT2D eigenvalue weighted by molar-refractivity contribution is -0.00759. The van der Waals surface area contributed by atoms with Crippen LogP contribution < -0.4 is 0 Å². The van der Waals surface area contributed by atoms with Crippen LogP contribution >= 0.6 is 11.6 Å². The van der Waals surface area contributed by atoms with Crippen molar-refractivity contribution in [1.82, 2.24) is 24.3 Å². The first kappa shape index (κ1) is 22.9. The predicted octanol–water partition coefficient (Wildman–Crippen LogP) is 5.29. The van der Waals surface area contributed by atoms with Gasteiger partial charge >= 0.3 is 6.09 Å². The monoisotopic (exact) mass is 473 g/mol. The van der Waals surface area contributed by atoms with Gasteiger partial charge in [-0.1, -0.05) is 11.6 Å². The molecule has 7 nitrogen and oxygen atoms in total. The maximum absolute atomic E-state index is 12.8. The zero-order chi connectivity index (χ0) is 23.2. The number of aromatic nitrogens is 3. The average Bonchev–Trinajstić information content (AvgIpc) is 3.47. The summed E-state index contributed by atoms with van der Waals surface area (Å²) in [5.74, 6) is 0.664. The maximum Gasteiger partial charge on any atom is 0.410 e. The van der Waals surface area contributed by atoms with Gasteiger partial charge in [-0.05, 0) is 84.2 Å². The van der Waals surface area contributed by atoms with Crippen molar-refractivity contribution >= 4 is 28.7 Å². The van der Waals surface area contributed by atoms with Gasteiger partial charge in [-0.15, -0.1) is 0 Å². The number of halogens is 1. The molecule has 1 spiro atoms. The maximum atomic E-state index is 12.8. The van der Waals surface area contributed by atoms with Crippen molar-refractivity contribution in [2.45, 2.75) is 82.9 Å². The van der Waals surface area contributed by atoms with E-state index in [4.69, 9.17) is 16.3 Å². The van der Waals surface area contributed by atoms with Gasteiger partial charge in [-0.2, -0.15) is 0 Å². The Hall–Kier alpha value is -1.86. The molecule has 2 aromatic heterocycles. The molecule has 3 aliphatic rings. The van der Waals surface area contributed by atoms with Gasteiger partial charge in [-0.25, -0.2) is 14.8 Å². The van der Waals surface area contributed by atoms with Crippen molar-refractivity contribution in [2.75, 3.05) is 26.2 Å². The molecule has 2 aromatic rings. The summed E-state index contributed by atoms with van der Waals surface area (Å²) in [5.41, 5.74) is 0.612. The number of rotatable bonds is 3. The normalized spacial score (nSPS) is 28.8. The third-order valence-electron chi connectivity index (χ3n) is 7.79. The Morgan fingerprint density at radius 3 is 2.79 bits per heavy atom. The molecule has 0 N–H and O–H groups in total. The van der Waals surface area contributed by atoms with Crippen molar-refractivity contribution in [2.24, 2.45) is 5.92 Å². The molecule has 2 aliphatic heterocycles. The molecule has 180 valence electrons. The fourth-order valence-corrected chi connectivity index (χ4v) is 6.54. The summed E-state index contributed by atoms with van der Waals surface area (Å²) < 4.78 is 7.99. The van der Waals surface area contributed by atoms with Gasteiger partial charge in [0.25, 0.3) is 0 Å². The highest BCUT2D eigenvalue weighted by Gasteiger charge is 2.46. The minimum Gasteiger partial charge on any atom is -0.444 e. The molecular formula is C25H36ClN5O2. The fourth-order valence-electron chi connectivity index (χ4n) is 6.35. The zero-order valence-corrected chi connectivity index (χ0v) is 20.9. The molecule has 0 aromatic carbocycles. The topological polar surface area (TPSA) is 63.5 Å². The SMILES string of the molecule is CC(C)(C)OC(=O)N1CCCC2(CCCN2CC2CCC(n3ccc4c(Cl)ncnc43)C2)C1. The molecule has 8 heteroatoms. The average molecular weight is 474 g/mol. The van der Waals surface area contributed by atoms with Crippen LogP contribution in [0.25, 0.3) is 11.0 Å². The smallest absolute Gasteiger partial charge is 0.410 e. The van der Waals surface area contributed by atoms with Crippen LogP contribution in [0.2, 0.25) is 5.15 Å². The van der Waals surface area contributed by atoms with Crippen LogP contribution in [-0.2, 0) is 4.74 Å². The quantitative estimate of drug-likeness (QED) is 0.566. The second-order valence-corrected chi connectivity index (χ2v) is 11.6. The lowest BCUT2D eigenvalue weighted by atomic mass is 9.86. The molecule has 0 bridgehead atoms. The van der Waals surface area contributed by atoms with Crippen molar-refractivity contribution in [1.29, 1.82) is 0 Å². The van der Waals surface area contributed by atoms with Crippen LogP contribution in [0.1, 0.15) is 71.8 Å². The molecule has 0 radical (unpaired) electrons. The number of likely N-dealkylation sites (tertiary alicyclic amines) is 2. The summed E-state index contributed by atoms with van der Waals surface area (Å²) in [5, 5.41) is 1.46. The van der Waals surface area contributed by atoms with E-state index in [2.05, 4.69) is 25.6 Å². The number of carbonyl (C=O) groups is 1.